The molecule has 0 saturated heterocycles. The smallest absolute Gasteiger partial charge is 0.224 e. The van der Waals surface area contributed by atoms with E-state index in [1.807, 2.05) is 0 Å². The predicted molar refractivity (Wildman–Crippen MR) is 50.6 cm³/mol. The molecule has 0 aliphatic rings. The number of ether oxygens (including phenoxy) is 1. The zero-order chi connectivity index (χ0) is 9.68. The van der Waals surface area contributed by atoms with Crippen molar-refractivity contribution in [3.63, 3.8) is 0 Å². The van der Waals surface area contributed by atoms with E-state index >= 15 is 0 Å². The first-order valence-corrected chi connectivity index (χ1v) is 4.59. The maximum absolute atomic E-state index is 11.3. The Balaban J connectivity index is 2.45. The number of halogens is 1. The average molecular weight is 248 g/mol. The topological polar surface area (TPSA) is 65.5 Å². The zero-order valence-corrected chi connectivity index (χ0v) is 8.54. The Morgan fingerprint density at radius 3 is 3.00 bits per heavy atom. The summed E-state index contributed by atoms with van der Waals surface area (Å²) in [6.45, 7) is 0.792. The van der Waals surface area contributed by atoms with Crippen molar-refractivity contribution in [1.82, 2.24) is 0 Å². The molecule has 1 heterocycles. The van der Waals surface area contributed by atoms with Crippen LogP contribution in [0, 0.1) is 0 Å². The summed E-state index contributed by atoms with van der Waals surface area (Å²) in [4.78, 5) is 11.3. The molecule has 0 aromatic carbocycles. The molecule has 0 spiro atoms. The van der Waals surface area contributed by atoms with Crippen LogP contribution in [0.2, 0.25) is 0 Å². The number of nitrogens with two attached hydrogens (primary N) is 1. The normalized spacial score (nSPS) is 10.3. The fraction of sp³-hybridized carbons (Fsp3) is 0.375. The maximum Gasteiger partial charge on any atom is 0.224 e. The van der Waals surface area contributed by atoms with Crippen molar-refractivity contribution in [2.24, 2.45) is 5.73 Å². The molecule has 13 heavy (non-hydrogen) atoms. The van der Waals surface area contributed by atoms with Gasteiger partial charge in [-0.2, -0.15) is 0 Å². The molecule has 1 aromatic rings. The van der Waals surface area contributed by atoms with Crippen LogP contribution in [-0.4, -0.2) is 25.5 Å². The minimum absolute atomic E-state index is 0.00329. The largest absolute Gasteiger partial charge is 0.460 e. The Bertz CT molecular complexity index is 285. The van der Waals surface area contributed by atoms with Crippen molar-refractivity contribution in [2.75, 3.05) is 19.8 Å². The number of furan rings is 1. The van der Waals surface area contributed by atoms with Crippen molar-refractivity contribution in [1.29, 1.82) is 0 Å². The van der Waals surface area contributed by atoms with Crippen LogP contribution in [0.15, 0.2) is 21.2 Å². The SMILES string of the molecule is NCCOCC(=O)c1occc1Br. The Labute approximate surface area is 84.2 Å². The van der Waals surface area contributed by atoms with Crippen molar-refractivity contribution >= 4 is 21.7 Å². The highest BCUT2D eigenvalue weighted by atomic mass is 79.9. The monoisotopic (exact) mass is 247 g/mol. The predicted octanol–water partition coefficient (Wildman–Crippen LogP) is 1.20. The third kappa shape index (κ3) is 2.95. The molecule has 5 heteroatoms. The summed E-state index contributed by atoms with van der Waals surface area (Å²) in [5.41, 5.74) is 5.19. The minimum atomic E-state index is -0.190. The first-order valence-electron chi connectivity index (χ1n) is 3.79. The molecule has 0 radical (unpaired) electrons. The Kier molecular flexibility index (Phi) is 4.14. The lowest BCUT2D eigenvalue weighted by Crippen LogP contribution is -2.14. The van der Waals surface area contributed by atoms with Crippen LogP contribution >= 0.6 is 15.9 Å². The minimum Gasteiger partial charge on any atom is -0.460 e. The van der Waals surface area contributed by atoms with Gasteiger partial charge in [0.15, 0.2) is 5.76 Å². The number of hydrogen-bond acceptors (Lipinski definition) is 4. The number of hydrogen-bond donors (Lipinski definition) is 1. The summed E-state index contributed by atoms with van der Waals surface area (Å²) in [5.74, 6) is 0.0994. The van der Waals surface area contributed by atoms with E-state index in [0.29, 0.717) is 17.6 Å². The molecule has 1 rings (SSSR count). The summed E-state index contributed by atoms with van der Waals surface area (Å²) in [6.07, 6.45) is 1.44. The van der Waals surface area contributed by atoms with Gasteiger partial charge in [-0.3, -0.25) is 4.79 Å². The third-order valence-corrected chi connectivity index (χ3v) is 1.99. The van der Waals surface area contributed by atoms with Gasteiger partial charge in [-0.15, -0.1) is 0 Å². The fourth-order valence-electron chi connectivity index (χ4n) is 0.806. The molecule has 4 nitrogen and oxygen atoms in total. The number of rotatable bonds is 5. The van der Waals surface area contributed by atoms with Gasteiger partial charge < -0.3 is 14.9 Å². The third-order valence-electron chi connectivity index (χ3n) is 1.37. The summed E-state index contributed by atoms with van der Waals surface area (Å²) >= 11 is 3.18. The first kappa shape index (κ1) is 10.4. The summed E-state index contributed by atoms with van der Waals surface area (Å²) in [7, 11) is 0. The van der Waals surface area contributed by atoms with Gasteiger partial charge in [0, 0.05) is 6.54 Å². The zero-order valence-electron chi connectivity index (χ0n) is 6.96. The number of carbonyl (C=O) groups is 1. The molecule has 0 aliphatic carbocycles. The number of Topliss-reactive ketones (excluding diaryl/α,β-unsaturated/α-hetero) is 1. The standard InChI is InChI=1S/C8H10BrNO3/c9-6-1-3-13-8(6)7(11)5-12-4-2-10/h1,3H,2,4-5,10H2. The number of ketones is 1. The molecular formula is C8H10BrNO3. The second-order valence-corrected chi connectivity index (χ2v) is 3.22. The van der Waals surface area contributed by atoms with Gasteiger partial charge in [-0.05, 0) is 22.0 Å². The molecule has 0 unspecified atom stereocenters. The Morgan fingerprint density at radius 1 is 1.69 bits per heavy atom. The molecule has 2 N–H and O–H groups in total. The highest BCUT2D eigenvalue weighted by Crippen LogP contribution is 2.17. The van der Waals surface area contributed by atoms with Gasteiger partial charge in [-0.25, -0.2) is 0 Å². The van der Waals surface area contributed by atoms with Gasteiger partial charge in [-0.1, -0.05) is 0 Å². The molecule has 0 amide bonds. The summed E-state index contributed by atoms with van der Waals surface area (Å²) in [6, 6.07) is 1.66. The highest BCUT2D eigenvalue weighted by molar-refractivity contribution is 9.10. The van der Waals surface area contributed by atoms with Crippen molar-refractivity contribution in [2.45, 2.75) is 0 Å². The van der Waals surface area contributed by atoms with Crippen molar-refractivity contribution in [3.8, 4) is 0 Å². The van der Waals surface area contributed by atoms with Gasteiger partial charge in [0.1, 0.15) is 6.61 Å². The van der Waals surface area contributed by atoms with Gasteiger partial charge in [0.2, 0.25) is 5.78 Å². The van der Waals surface area contributed by atoms with E-state index in [2.05, 4.69) is 15.9 Å². The van der Waals surface area contributed by atoms with Crippen molar-refractivity contribution < 1.29 is 13.9 Å². The van der Waals surface area contributed by atoms with Gasteiger partial charge >= 0.3 is 0 Å². The Morgan fingerprint density at radius 2 is 2.46 bits per heavy atom. The van der Waals surface area contributed by atoms with Crippen LogP contribution in [0.4, 0.5) is 0 Å². The van der Waals surface area contributed by atoms with E-state index in [-0.39, 0.29) is 18.2 Å². The molecule has 0 saturated carbocycles. The van der Waals surface area contributed by atoms with Crippen LogP contribution in [-0.2, 0) is 4.74 Å². The molecule has 0 fully saturated rings. The molecule has 0 atom stereocenters. The molecule has 0 aliphatic heterocycles. The molecule has 72 valence electrons. The van der Waals surface area contributed by atoms with Gasteiger partial charge in [0.05, 0.1) is 17.3 Å². The quantitative estimate of drug-likeness (QED) is 0.628. The summed E-state index contributed by atoms with van der Waals surface area (Å²) < 4.78 is 10.6. The van der Waals surface area contributed by atoms with E-state index < -0.39 is 0 Å². The fourth-order valence-corrected chi connectivity index (χ4v) is 1.23. The van der Waals surface area contributed by atoms with Crippen LogP contribution < -0.4 is 5.73 Å². The lowest BCUT2D eigenvalue weighted by Gasteiger charge is -1.99. The van der Waals surface area contributed by atoms with E-state index in [1.54, 1.807) is 6.07 Å². The van der Waals surface area contributed by atoms with Crippen molar-refractivity contribution in [3.05, 3.63) is 22.6 Å². The molecular weight excluding hydrogens is 238 g/mol. The highest BCUT2D eigenvalue weighted by Gasteiger charge is 2.13. The van der Waals surface area contributed by atoms with Crippen LogP contribution in [0.1, 0.15) is 10.6 Å². The lowest BCUT2D eigenvalue weighted by molar-refractivity contribution is 0.0746. The van der Waals surface area contributed by atoms with Crippen LogP contribution in [0.3, 0.4) is 0 Å². The van der Waals surface area contributed by atoms with Gasteiger partial charge in [0.25, 0.3) is 0 Å². The van der Waals surface area contributed by atoms with E-state index in [9.17, 15) is 4.79 Å². The first-order chi connectivity index (χ1) is 6.25. The van der Waals surface area contributed by atoms with E-state index in [0.717, 1.165) is 0 Å². The van der Waals surface area contributed by atoms with E-state index in [4.69, 9.17) is 14.9 Å². The molecule has 1 aromatic heterocycles. The second-order valence-electron chi connectivity index (χ2n) is 2.36. The average Bonchev–Trinajstić information content (AvgIpc) is 2.52. The number of carbonyl (C=O) groups excluding carboxylic acids is 1. The van der Waals surface area contributed by atoms with Crippen LogP contribution in [0.5, 0.6) is 0 Å². The maximum atomic E-state index is 11.3. The second kappa shape index (κ2) is 5.16. The summed E-state index contributed by atoms with van der Waals surface area (Å²) in [5, 5.41) is 0. The lowest BCUT2D eigenvalue weighted by atomic mass is 10.3. The van der Waals surface area contributed by atoms with Crippen LogP contribution in [0.25, 0.3) is 0 Å². The Hall–Kier alpha value is -0.650. The molecule has 0 bridgehead atoms. The van der Waals surface area contributed by atoms with E-state index in [1.165, 1.54) is 6.26 Å².